The molecule has 0 amide bonds. The zero-order chi connectivity index (χ0) is 14.0. The zero-order valence-electron chi connectivity index (χ0n) is 11.0. The van der Waals surface area contributed by atoms with Crippen molar-refractivity contribution in [1.29, 1.82) is 0 Å². The van der Waals surface area contributed by atoms with Crippen LogP contribution in [0.15, 0.2) is 0 Å². The quantitative estimate of drug-likeness (QED) is 0.697. The van der Waals surface area contributed by atoms with Crippen molar-refractivity contribution < 1.29 is 23.1 Å². The van der Waals surface area contributed by atoms with E-state index >= 15 is 0 Å². The minimum atomic E-state index is -3.69. The van der Waals surface area contributed by atoms with Crippen LogP contribution in [0.25, 0.3) is 0 Å². The number of carbonyl (C=O) groups excluding carboxylic acids is 1. The molecule has 0 radical (unpaired) electrons. The highest BCUT2D eigenvalue weighted by molar-refractivity contribution is 7.86. The minimum Gasteiger partial charge on any atom is -0.468 e. The number of rotatable bonds is 3. The van der Waals surface area contributed by atoms with Crippen molar-refractivity contribution in [2.45, 2.75) is 37.8 Å². The number of nitrogens with zero attached hydrogens (tertiary/aromatic N) is 2. The average Bonchev–Trinajstić information content (AvgIpc) is 2.81. The number of esters is 1. The van der Waals surface area contributed by atoms with Crippen molar-refractivity contribution in [3.05, 3.63) is 0 Å². The highest BCUT2D eigenvalue weighted by Gasteiger charge is 2.45. The van der Waals surface area contributed by atoms with Gasteiger partial charge in [-0.15, -0.1) is 0 Å². The molecule has 2 rings (SSSR count). The molecular formula is C11H20N2O5S. The lowest BCUT2D eigenvalue weighted by atomic mass is 10.2. The Morgan fingerprint density at radius 3 is 2.47 bits per heavy atom. The van der Waals surface area contributed by atoms with Gasteiger partial charge in [0.05, 0.1) is 13.2 Å². The second-order valence-electron chi connectivity index (χ2n) is 4.97. The first kappa shape index (κ1) is 14.7. The van der Waals surface area contributed by atoms with Gasteiger partial charge in [0, 0.05) is 26.1 Å². The van der Waals surface area contributed by atoms with E-state index in [1.54, 1.807) is 0 Å². The molecule has 2 heterocycles. The van der Waals surface area contributed by atoms with E-state index in [0.29, 0.717) is 13.1 Å². The molecule has 2 atom stereocenters. The number of carbonyl (C=O) groups is 1. The minimum absolute atomic E-state index is 0.0431. The highest BCUT2D eigenvalue weighted by atomic mass is 32.2. The molecule has 0 saturated carbocycles. The van der Waals surface area contributed by atoms with Crippen LogP contribution in [0.3, 0.4) is 0 Å². The lowest BCUT2D eigenvalue weighted by Crippen LogP contribution is -2.50. The molecule has 2 saturated heterocycles. The molecule has 0 aromatic rings. The number of methoxy groups -OCH3 is 1. The Morgan fingerprint density at radius 1 is 1.26 bits per heavy atom. The second-order valence-corrected chi connectivity index (χ2v) is 6.85. The molecule has 0 aliphatic carbocycles. The SMILES string of the molecule is COC(=O)C1CC(O)CN1S(=O)(=O)N1CCCCC1. The molecule has 8 heteroatoms. The molecule has 0 aromatic heterocycles. The third-order valence-corrected chi connectivity index (χ3v) is 5.66. The summed E-state index contributed by atoms with van der Waals surface area (Å²) in [5.74, 6) is -0.614. The van der Waals surface area contributed by atoms with Crippen LogP contribution in [-0.4, -0.2) is 67.0 Å². The van der Waals surface area contributed by atoms with E-state index in [4.69, 9.17) is 0 Å². The molecule has 110 valence electrons. The van der Waals surface area contributed by atoms with Gasteiger partial charge in [-0.05, 0) is 12.8 Å². The number of hydrogen-bond acceptors (Lipinski definition) is 5. The molecule has 0 bridgehead atoms. The summed E-state index contributed by atoms with van der Waals surface area (Å²) in [6.07, 6.45) is 1.97. The van der Waals surface area contributed by atoms with E-state index in [9.17, 15) is 18.3 Å². The van der Waals surface area contributed by atoms with Gasteiger partial charge >= 0.3 is 5.97 Å². The third-order valence-electron chi connectivity index (χ3n) is 3.64. The molecule has 2 unspecified atom stereocenters. The van der Waals surface area contributed by atoms with Crippen LogP contribution in [0.5, 0.6) is 0 Å². The molecule has 0 spiro atoms. The van der Waals surface area contributed by atoms with Crippen molar-refractivity contribution in [1.82, 2.24) is 8.61 Å². The van der Waals surface area contributed by atoms with Crippen LogP contribution >= 0.6 is 0 Å². The lowest BCUT2D eigenvalue weighted by Gasteiger charge is -2.31. The molecular weight excluding hydrogens is 272 g/mol. The summed E-state index contributed by atoms with van der Waals surface area (Å²) in [6, 6.07) is -0.910. The first-order valence-electron chi connectivity index (χ1n) is 6.49. The Labute approximate surface area is 113 Å². The van der Waals surface area contributed by atoms with E-state index < -0.39 is 28.3 Å². The Bertz CT molecular complexity index is 432. The predicted molar refractivity (Wildman–Crippen MR) is 67.5 cm³/mol. The van der Waals surface area contributed by atoms with Crippen molar-refractivity contribution in [2.24, 2.45) is 0 Å². The van der Waals surface area contributed by atoms with Crippen LogP contribution in [0.2, 0.25) is 0 Å². The first-order chi connectivity index (χ1) is 8.96. The maximum atomic E-state index is 12.5. The molecule has 0 aromatic carbocycles. The standard InChI is InChI=1S/C11H20N2O5S/c1-18-11(15)10-7-9(14)8-13(10)19(16,17)12-5-3-2-4-6-12/h9-10,14H,2-8H2,1H3. The van der Waals surface area contributed by atoms with Crippen LogP contribution in [0, 0.1) is 0 Å². The van der Waals surface area contributed by atoms with Gasteiger partial charge in [0.15, 0.2) is 0 Å². The van der Waals surface area contributed by atoms with Crippen LogP contribution in [0.4, 0.5) is 0 Å². The van der Waals surface area contributed by atoms with Crippen molar-refractivity contribution in [3.8, 4) is 0 Å². The maximum Gasteiger partial charge on any atom is 0.324 e. The topological polar surface area (TPSA) is 87.1 Å². The molecule has 2 fully saturated rings. The lowest BCUT2D eigenvalue weighted by molar-refractivity contribution is -0.144. The number of aliphatic hydroxyl groups is 1. The van der Waals surface area contributed by atoms with Gasteiger partial charge in [0.25, 0.3) is 10.2 Å². The Kier molecular flexibility index (Phi) is 4.44. The Morgan fingerprint density at radius 2 is 1.89 bits per heavy atom. The molecule has 7 nitrogen and oxygen atoms in total. The average molecular weight is 292 g/mol. The summed E-state index contributed by atoms with van der Waals surface area (Å²) in [5, 5.41) is 9.64. The number of piperidine rings is 1. The summed E-state index contributed by atoms with van der Waals surface area (Å²) in [6.45, 7) is 0.907. The Hall–Kier alpha value is -0.700. The van der Waals surface area contributed by atoms with E-state index in [2.05, 4.69) is 4.74 Å². The highest BCUT2D eigenvalue weighted by Crippen LogP contribution is 2.26. The third kappa shape index (κ3) is 2.91. The van der Waals surface area contributed by atoms with Gasteiger partial charge < -0.3 is 9.84 Å². The van der Waals surface area contributed by atoms with Gasteiger partial charge in [0.2, 0.25) is 0 Å². The smallest absolute Gasteiger partial charge is 0.324 e. The predicted octanol–water partition coefficient (Wildman–Crippen LogP) is -0.675. The van der Waals surface area contributed by atoms with Gasteiger partial charge in [-0.3, -0.25) is 4.79 Å². The van der Waals surface area contributed by atoms with Gasteiger partial charge in [-0.25, -0.2) is 0 Å². The van der Waals surface area contributed by atoms with E-state index in [0.717, 1.165) is 23.6 Å². The summed E-state index contributed by atoms with van der Waals surface area (Å²) in [7, 11) is -2.47. The van der Waals surface area contributed by atoms with E-state index in [-0.39, 0.29) is 13.0 Å². The molecule has 2 aliphatic rings. The molecule has 2 aliphatic heterocycles. The molecule has 19 heavy (non-hydrogen) atoms. The van der Waals surface area contributed by atoms with Crippen molar-refractivity contribution in [3.63, 3.8) is 0 Å². The van der Waals surface area contributed by atoms with E-state index in [1.165, 1.54) is 11.4 Å². The number of aliphatic hydroxyl groups excluding tert-OH is 1. The first-order valence-corrected chi connectivity index (χ1v) is 7.89. The fourth-order valence-electron chi connectivity index (χ4n) is 2.63. The fraction of sp³-hybridized carbons (Fsp3) is 0.909. The monoisotopic (exact) mass is 292 g/mol. The largest absolute Gasteiger partial charge is 0.468 e. The van der Waals surface area contributed by atoms with Gasteiger partial charge in [0.1, 0.15) is 6.04 Å². The van der Waals surface area contributed by atoms with Crippen LogP contribution < -0.4 is 0 Å². The van der Waals surface area contributed by atoms with Gasteiger partial charge in [-0.1, -0.05) is 6.42 Å². The van der Waals surface area contributed by atoms with E-state index in [1.807, 2.05) is 0 Å². The maximum absolute atomic E-state index is 12.5. The van der Waals surface area contributed by atoms with Gasteiger partial charge in [-0.2, -0.15) is 17.0 Å². The summed E-state index contributed by atoms with van der Waals surface area (Å²) in [5.41, 5.74) is 0. The number of hydrogen-bond donors (Lipinski definition) is 1. The van der Waals surface area contributed by atoms with Crippen LogP contribution in [0.1, 0.15) is 25.7 Å². The fourth-order valence-corrected chi connectivity index (χ4v) is 4.50. The normalized spacial score (nSPS) is 30.4. The second kappa shape index (κ2) is 5.74. The summed E-state index contributed by atoms with van der Waals surface area (Å²) in [4.78, 5) is 11.6. The molecule has 1 N–H and O–H groups in total. The zero-order valence-corrected chi connectivity index (χ0v) is 11.8. The summed E-state index contributed by atoms with van der Waals surface area (Å²) >= 11 is 0. The van der Waals surface area contributed by atoms with Crippen molar-refractivity contribution >= 4 is 16.2 Å². The summed E-state index contributed by atoms with van der Waals surface area (Å²) < 4.78 is 32.1. The van der Waals surface area contributed by atoms with Crippen LogP contribution in [-0.2, 0) is 19.7 Å². The Balaban J connectivity index is 2.19. The number of β-amino-alcohol motifs (C(OH)–C–C–N with tert-alkyl or cyclic N) is 1. The number of ether oxygens (including phenoxy) is 1. The van der Waals surface area contributed by atoms with Crippen molar-refractivity contribution in [2.75, 3.05) is 26.7 Å².